The van der Waals surface area contributed by atoms with Crippen molar-refractivity contribution in [1.82, 2.24) is 19.7 Å². The Labute approximate surface area is 125 Å². The van der Waals surface area contributed by atoms with Gasteiger partial charge in [0.05, 0.1) is 11.2 Å². The molecule has 0 bridgehead atoms. The van der Waals surface area contributed by atoms with Crippen molar-refractivity contribution in [1.29, 1.82) is 0 Å². The minimum absolute atomic E-state index is 0.150. The monoisotopic (exact) mass is 288 g/mol. The van der Waals surface area contributed by atoms with Crippen molar-refractivity contribution in [2.45, 2.75) is 0 Å². The second-order valence-corrected chi connectivity index (χ2v) is 4.92. The molecule has 0 unspecified atom stereocenters. The number of aromatic nitrogens is 4. The molecule has 5 heteroatoms. The van der Waals surface area contributed by atoms with Gasteiger partial charge in [-0.25, -0.2) is 14.6 Å². The molecule has 1 N–H and O–H groups in total. The zero-order valence-electron chi connectivity index (χ0n) is 11.6. The van der Waals surface area contributed by atoms with Gasteiger partial charge in [-0.3, -0.25) is 9.89 Å². The number of H-pyrrole nitrogens is 1. The van der Waals surface area contributed by atoms with Gasteiger partial charge in [0, 0.05) is 11.5 Å². The second-order valence-electron chi connectivity index (χ2n) is 4.92. The number of nitrogens with zero attached hydrogens (tertiary/aromatic N) is 3. The number of benzene rings is 2. The summed E-state index contributed by atoms with van der Waals surface area (Å²) < 4.78 is 1.45. The minimum atomic E-state index is -0.150. The quantitative estimate of drug-likeness (QED) is 0.617. The van der Waals surface area contributed by atoms with Crippen LogP contribution in [0.15, 0.2) is 71.8 Å². The number of nitrogens with one attached hydrogen (secondary N) is 1. The van der Waals surface area contributed by atoms with Crippen LogP contribution >= 0.6 is 0 Å². The van der Waals surface area contributed by atoms with Crippen molar-refractivity contribution >= 4 is 10.9 Å². The number of rotatable bonds is 2. The number of fused-ring (bicyclic) bond motifs is 1. The summed E-state index contributed by atoms with van der Waals surface area (Å²) in [5, 5.41) is 3.95. The zero-order valence-corrected chi connectivity index (χ0v) is 11.6. The van der Waals surface area contributed by atoms with Crippen LogP contribution in [-0.2, 0) is 0 Å². The van der Waals surface area contributed by atoms with Gasteiger partial charge in [-0.2, -0.15) is 0 Å². The van der Waals surface area contributed by atoms with Crippen LogP contribution in [0.4, 0.5) is 0 Å². The normalized spacial score (nSPS) is 10.9. The lowest BCUT2D eigenvalue weighted by atomic mass is 10.2. The topological polar surface area (TPSA) is 63.6 Å². The number of hydrogen-bond acceptors (Lipinski definition) is 3. The average Bonchev–Trinajstić information content (AvgIpc) is 2.97. The summed E-state index contributed by atoms with van der Waals surface area (Å²) in [5.74, 6) is 0.554. The summed E-state index contributed by atoms with van der Waals surface area (Å²) in [4.78, 5) is 20.8. The summed E-state index contributed by atoms with van der Waals surface area (Å²) in [6.45, 7) is 0. The van der Waals surface area contributed by atoms with Crippen LogP contribution in [0.25, 0.3) is 28.0 Å². The molecule has 22 heavy (non-hydrogen) atoms. The molecule has 0 radical (unpaired) electrons. The van der Waals surface area contributed by atoms with Gasteiger partial charge in [0.1, 0.15) is 6.33 Å². The highest BCUT2D eigenvalue weighted by Crippen LogP contribution is 2.19. The van der Waals surface area contributed by atoms with Crippen LogP contribution in [0.2, 0.25) is 0 Å². The lowest BCUT2D eigenvalue weighted by Gasteiger charge is -2.05. The maximum Gasteiger partial charge on any atom is 0.273 e. The largest absolute Gasteiger partial charge is 0.289 e. The molecule has 0 saturated carbocycles. The number of para-hydroxylation sites is 1. The summed E-state index contributed by atoms with van der Waals surface area (Å²) in [5.41, 5.74) is 2.36. The third-order valence-corrected chi connectivity index (χ3v) is 3.54. The van der Waals surface area contributed by atoms with Crippen LogP contribution < -0.4 is 5.56 Å². The third-order valence-electron chi connectivity index (χ3n) is 3.54. The Balaban J connectivity index is 1.93. The van der Waals surface area contributed by atoms with E-state index in [2.05, 4.69) is 15.1 Å². The molecule has 0 amide bonds. The minimum Gasteiger partial charge on any atom is -0.289 e. The van der Waals surface area contributed by atoms with Gasteiger partial charge in [0.25, 0.3) is 5.56 Å². The van der Waals surface area contributed by atoms with E-state index in [9.17, 15) is 4.79 Å². The fourth-order valence-electron chi connectivity index (χ4n) is 2.49. The first-order valence-electron chi connectivity index (χ1n) is 6.90. The van der Waals surface area contributed by atoms with E-state index in [4.69, 9.17) is 0 Å². The van der Waals surface area contributed by atoms with Crippen LogP contribution in [-0.4, -0.2) is 19.7 Å². The summed E-state index contributed by atoms with van der Waals surface area (Å²) in [7, 11) is 0. The Morgan fingerprint density at radius 3 is 2.55 bits per heavy atom. The van der Waals surface area contributed by atoms with Crippen molar-refractivity contribution in [3.8, 4) is 17.1 Å². The van der Waals surface area contributed by atoms with Crippen molar-refractivity contribution < 1.29 is 0 Å². The molecule has 4 rings (SSSR count). The van der Waals surface area contributed by atoms with E-state index in [1.54, 1.807) is 6.07 Å². The van der Waals surface area contributed by atoms with Gasteiger partial charge in [-0.05, 0) is 17.7 Å². The maximum atomic E-state index is 12.3. The Morgan fingerprint density at radius 1 is 0.909 bits per heavy atom. The zero-order chi connectivity index (χ0) is 14.9. The third kappa shape index (κ3) is 2.00. The number of hydrogen-bond donors (Lipinski definition) is 1. The van der Waals surface area contributed by atoms with E-state index in [1.165, 1.54) is 11.0 Å². The lowest BCUT2D eigenvalue weighted by molar-refractivity contribution is 0.826. The van der Waals surface area contributed by atoms with E-state index in [1.807, 2.05) is 54.6 Å². The fraction of sp³-hybridized carbons (Fsp3) is 0. The molecule has 2 aromatic carbocycles. The molecule has 106 valence electrons. The van der Waals surface area contributed by atoms with Gasteiger partial charge in [-0.15, -0.1) is 0 Å². The molecule has 0 aliphatic rings. The Kier molecular flexibility index (Phi) is 2.83. The summed E-state index contributed by atoms with van der Waals surface area (Å²) >= 11 is 0. The first kappa shape index (κ1) is 12.5. The van der Waals surface area contributed by atoms with Gasteiger partial charge in [-0.1, -0.05) is 42.5 Å². The molecule has 0 aliphatic heterocycles. The van der Waals surface area contributed by atoms with Crippen LogP contribution in [0.3, 0.4) is 0 Å². The van der Waals surface area contributed by atoms with E-state index in [0.29, 0.717) is 5.82 Å². The Bertz CT molecular complexity index is 997. The molecule has 0 spiro atoms. The predicted octanol–water partition coefficient (Wildman–Crippen LogP) is 2.78. The second kappa shape index (κ2) is 4.96. The molecule has 4 aromatic rings. The molecule has 5 nitrogen and oxygen atoms in total. The van der Waals surface area contributed by atoms with Crippen molar-refractivity contribution in [2.24, 2.45) is 0 Å². The standard InChI is InChI=1S/C17H12N4O/c22-16-10-15(12-6-2-1-3-7-12)20-21(16)17-13-8-4-5-9-14(13)18-11-19-17/h1-11,20H. The average molecular weight is 288 g/mol. The van der Waals surface area contributed by atoms with E-state index < -0.39 is 0 Å². The fourth-order valence-corrected chi connectivity index (χ4v) is 2.49. The van der Waals surface area contributed by atoms with Crippen molar-refractivity contribution in [2.75, 3.05) is 0 Å². The summed E-state index contributed by atoms with van der Waals surface area (Å²) in [6.07, 6.45) is 1.47. The van der Waals surface area contributed by atoms with E-state index in [0.717, 1.165) is 22.2 Å². The number of aromatic amines is 1. The molecule has 0 fully saturated rings. The highest BCUT2D eigenvalue weighted by Gasteiger charge is 2.11. The molecular weight excluding hydrogens is 276 g/mol. The van der Waals surface area contributed by atoms with Crippen molar-refractivity contribution in [3.63, 3.8) is 0 Å². The van der Waals surface area contributed by atoms with Crippen LogP contribution in [0, 0.1) is 0 Å². The van der Waals surface area contributed by atoms with E-state index >= 15 is 0 Å². The molecule has 0 saturated heterocycles. The molecule has 0 aliphatic carbocycles. The SMILES string of the molecule is O=c1cc(-c2ccccc2)[nH]n1-c1ncnc2ccccc12. The highest BCUT2D eigenvalue weighted by atomic mass is 16.1. The Hall–Kier alpha value is -3.21. The smallest absolute Gasteiger partial charge is 0.273 e. The van der Waals surface area contributed by atoms with Crippen molar-refractivity contribution in [3.05, 3.63) is 77.3 Å². The van der Waals surface area contributed by atoms with Gasteiger partial charge >= 0.3 is 0 Å². The van der Waals surface area contributed by atoms with Crippen LogP contribution in [0.1, 0.15) is 0 Å². The Morgan fingerprint density at radius 2 is 1.68 bits per heavy atom. The molecule has 0 atom stereocenters. The maximum absolute atomic E-state index is 12.3. The van der Waals surface area contributed by atoms with Gasteiger partial charge in [0.2, 0.25) is 0 Å². The van der Waals surface area contributed by atoms with E-state index in [-0.39, 0.29) is 5.56 Å². The first-order chi connectivity index (χ1) is 10.8. The van der Waals surface area contributed by atoms with Gasteiger partial charge in [0.15, 0.2) is 5.82 Å². The highest BCUT2D eigenvalue weighted by molar-refractivity contribution is 5.84. The lowest BCUT2D eigenvalue weighted by Crippen LogP contribution is -2.15. The molecular formula is C17H12N4O. The molecule has 2 heterocycles. The van der Waals surface area contributed by atoms with Gasteiger partial charge < -0.3 is 0 Å². The molecule has 2 aromatic heterocycles. The van der Waals surface area contributed by atoms with Crippen LogP contribution in [0.5, 0.6) is 0 Å². The predicted molar refractivity (Wildman–Crippen MR) is 84.9 cm³/mol. The summed E-state index contributed by atoms with van der Waals surface area (Å²) in [6, 6.07) is 18.9. The first-order valence-corrected chi connectivity index (χ1v) is 6.90.